The molecule has 7 heteroatoms. The highest BCUT2D eigenvalue weighted by atomic mass is 32.1. The van der Waals surface area contributed by atoms with Crippen molar-refractivity contribution in [2.75, 3.05) is 24.5 Å². The zero-order valence-electron chi connectivity index (χ0n) is 13.0. The lowest BCUT2D eigenvalue weighted by Crippen LogP contribution is -2.49. The summed E-state index contributed by atoms with van der Waals surface area (Å²) < 4.78 is 0. The highest BCUT2D eigenvalue weighted by Crippen LogP contribution is 2.31. The molecule has 0 radical (unpaired) electrons. The van der Waals surface area contributed by atoms with Crippen LogP contribution in [0.15, 0.2) is 23.8 Å². The molecular formula is C16H21N5OS. The van der Waals surface area contributed by atoms with Crippen LogP contribution in [0, 0.1) is 0 Å². The van der Waals surface area contributed by atoms with Crippen LogP contribution in [0.4, 0.5) is 5.13 Å². The van der Waals surface area contributed by atoms with E-state index in [2.05, 4.69) is 20.1 Å². The molecule has 0 aromatic carbocycles. The molecule has 1 amide bonds. The molecule has 122 valence electrons. The number of aromatic amines is 1. The van der Waals surface area contributed by atoms with E-state index in [0.717, 1.165) is 56.1 Å². The standard InChI is InChI=1S/C16H21N5OS/c22-15(14-4-2-9-21(14)16-17-7-10-23-16)20-8-1-3-12(11-20)13-5-6-18-19-13/h5-7,10,12,14H,1-4,8-9,11H2,(H,18,19). The number of rotatable bonds is 3. The average molecular weight is 331 g/mol. The molecule has 0 bridgehead atoms. The van der Waals surface area contributed by atoms with E-state index in [0.29, 0.717) is 5.92 Å². The Balaban J connectivity index is 1.47. The molecule has 0 aliphatic carbocycles. The predicted molar refractivity (Wildman–Crippen MR) is 89.6 cm³/mol. The molecular weight excluding hydrogens is 310 g/mol. The summed E-state index contributed by atoms with van der Waals surface area (Å²) in [5, 5.41) is 10.1. The Morgan fingerprint density at radius 1 is 1.26 bits per heavy atom. The first-order valence-electron chi connectivity index (χ1n) is 8.27. The van der Waals surface area contributed by atoms with Crippen molar-refractivity contribution in [2.24, 2.45) is 0 Å². The fourth-order valence-electron chi connectivity index (χ4n) is 3.75. The van der Waals surface area contributed by atoms with E-state index in [1.165, 1.54) is 0 Å². The summed E-state index contributed by atoms with van der Waals surface area (Å²) in [4.78, 5) is 21.7. The number of nitrogens with zero attached hydrogens (tertiary/aromatic N) is 4. The van der Waals surface area contributed by atoms with Gasteiger partial charge in [0.1, 0.15) is 6.04 Å². The van der Waals surface area contributed by atoms with Crippen molar-refractivity contribution in [1.29, 1.82) is 0 Å². The van der Waals surface area contributed by atoms with E-state index in [1.807, 2.05) is 22.5 Å². The number of aromatic nitrogens is 3. The quantitative estimate of drug-likeness (QED) is 0.937. The first kappa shape index (κ1) is 14.7. The fourth-order valence-corrected chi connectivity index (χ4v) is 4.47. The number of thiazole rings is 1. The third-order valence-corrected chi connectivity index (χ3v) is 5.71. The molecule has 2 fully saturated rings. The van der Waals surface area contributed by atoms with Crippen molar-refractivity contribution in [2.45, 2.75) is 37.6 Å². The summed E-state index contributed by atoms with van der Waals surface area (Å²) >= 11 is 1.62. The number of nitrogens with one attached hydrogen (secondary N) is 1. The van der Waals surface area contributed by atoms with Gasteiger partial charge in [0.2, 0.25) is 5.91 Å². The minimum Gasteiger partial charge on any atom is -0.340 e. The van der Waals surface area contributed by atoms with Gasteiger partial charge in [0.05, 0.1) is 0 Å². The maximum absolute atomic E-state index is 13.1. The molecule has 0 spiro atoms. The lowest BCUT2D eigenvalue weighted by atomic mass is 9.94. The van der Waals surface area contributed by atoms with E-state index < -0.39 is 0 Å². The Kier molecular flexibility index (Phi) is 4.03. The summed E-state index contributed by atoms with van der Waals surface area (Å²) in [5.74, 6) is 0.645. The fraction of sp³-hybridized carbons (Fsp3) is 0.562. The molecule has 2 saturated heterocycles. The van der Waals surface area contributed by atoms with Gasteiger partial charge >= 0.3 is 0 Å². The average Bonchev–Trinajstić information content (AvgIpc) is 3.35. The molecule has 2 atom stereocenters. The highest BCUT2D eigenvalue weighted by molar-refractivity contribution is 7.13. The molecule has 6 nitrogen and oxygen atoms in total. The topological polar surface area (TPSA) is 65.1 Å². The van der Waals surface area contributed by atoms with Gasteiger partial charge in [-0.1, -0.05) is 0 Å². The van der Waals surface area contributed by atoms with Gasteiger partial charge in [0.25, 0.3) is 0 Å². The Morgan fingerprint density at radius 3 is 2.96 bits per heavy atom. The van der Waals surface area contributed by atoms with Crippen molar-refractivity contribution in [1.82, 2.24) is 20.1 Å². The van der Waals surface area contributed by atoms with Crippen LogP contribution in [0.25, 0.3) is 0 Å². The van der Waals surface area contributed by atoms with Crippen LogP contribution in [-0.4, -0.2) is 51.7 Å². The van der Waals surface area contributed by atoms with Crippen molar-refractivity contribution >= 4 is 22.4 Å². The van der Waals surface area contributed by atoms with E-state index in [1.54, 1.807) is 17.5 Å². The smallest absolute Gasteiger partial charge is 0.245 e. The molecule has 2 unspecified atom stereocenters. The second kappa shape index (κ2) is 6.31. The van der Waals surface area contributed by atoms with Crippen molar-refractivity contribution in [3.05, 3.63) is 29.5 Å². The maximum Gasteiger partial charge on any atom is 0.245 e. The van der Waals surface area contributed by atoms with E-state index in [-0.39, 0.29) is 11.9 Å². The largest absolute Gasteiger partial charge is 0.340 e. The number of carbonyl (C=O) groups is 1. The summed E-state index contributed by atoms with van der Waals surface area (Å²) in [5.41, 5.74) is 1.14. The minimum absolute atomic E-state index is 0.0401. The van der Waals surface area contributed by atoms with Crippen LogP contribution < -0.4 is 4.90 Å². The number of hydrogen-bond acceptors (Lipinski definition) is 5. The van der Waals surface area contributed by atoms with Gasteiger partial charge in [-0.05, 0) is 31.7 Å². The Bertz CT molecular complexity index is 641. The highest BCUT2D eigenvalue weighted by Gasteiger charge is 2.36. The molecule has 23 heavy (non-hydrogen) atoms. The van der Waals surface area contributed by atoms with Crippen molar-refractivity contribution in [3.8, 4) is 0 Å². The number of likely N-dealkylation sites (tertiary alicyclic amines) is 1. The molecule has 2 aromatic heterocycles. The normalized spacial score (nSPS) is 25.0. The molecule has 4 heterocycles. The second-order valence-electron chi connectivity index (χ2n) is 6.30. The zero-order valence-corrected chi connectivity index (χ0v) is 13.8. The number of H-pyrrole nitrogens is 1. The van der Waals surface area contributed by atoms with E-state index >= 15 is 0 Å². The molecule has 1 N–H and O–H groups in total. The number of anilines is 1. The lowest BCUT2D eigenvalue weighted by molar-refractivity contribution is -0.133. The minimum atomic E-state index is -0.0401. The van der Waals surface area contributed by atoms with Gasteiger partial charge in [0.15, 0.2) is 5.13 Å². The number of carbonyl (C=O) groups excluding carboxylic acids is 1. The van der Waals surface area contributed by atoms with Crippen LogP contribution in [0.3, 0.4) is 0 Å². The van der Waals surface area contributed by atoms with Crippen LogP contribution in [0.1, 0.15) is 37.3 Å². The van der Waals surface area contributed by atoms with Crippen LogP contribution in [0.5, 0.6) is 0 Å². The summed E-state index contributed by atoms with van der Waals surface area (Å²) in [6, 6.07) is 1.98. The third kappa shape index (κ3) is 2.85. The molecule has 2 aliphatic rings. The molecule has 2 aliphatic heterocycles. The summed E-state index contributed by atoms with van der Waals surface area (Å²) in [6.45, 7) is 2.59. The first-order chi connectivity index (χ1) is 11.3. The number of hydrogen-bond donors (Lipinski definition) is 1. The number of amides is 1. The lowest BCUT2D eigenvalue weighted by Gasteiger charge is -2.35. The maximum atomic E-state index is 13.1. The van der Waals surface area contributed by atoms with Gasteiger partial charge in [-0.25, -0.2) is 4.98 Å². The number of piperidine rings is 1. The Labute approximate surface area is 139 Å². The van der Waals surface area contributed by atoms with Crippen LogP contribution in [-0.2, 0) is 4.79 Å². The van der Waals surface area contributed by atoms with Gasteiger partial charge in [-0.15, -0.1) is 11.3 Å². The Hall–Kier alpha value is -1.89. The van der Waals surface area contributed by atoms with Gasteiger partial charge in [-0.2, -0.15) is 5.10 Å². The Morgan fingerprint density at radius 2 is 2.17 bits per heavy atom. The van der Waals surface area contributed by atoms with Gasteiger partial charge in [-0.3, -0.25) is 9.89 Å². The predicted octanol–water partition coefficient (Wildman–Crippen LogP) is 2.24. The monoisotopic (exact) mass is 331 g/mol. The second-order valence-corrected chi connectivity index (χ2v) is 7.17. The SMILES string of the molecule is O=C(C1CCCN1c1nccs1)N1CCCC(c2ccn[nH]2)C1. The van der Waals surface area contributed by atoms with Crippen LogP contribution >= 0.6 is 11.3 Å². The molecule has 2 aromatic rings. The van der Waals surface area contributed by atoms with E-state index in [9.17, 15) is 4.79 Å². The van der Waals surface area contributed by atoms with Gasteiger partial charge < -0.3 is 9.80 Å². The summed E-state index contributed by atoms with van der Waals surface area (Å²) in [7, 11) is 0. The zero-order chi connectivity index (χ0) is 15.6. The molecule has 4 rings (SSSR count). The summed E-state index contributed by atoms with van der Waals surface area (Å²) in [6.07, 6.45) is 7.77. The van der Waals surface area contributed by atoms with Crippen LogP contribution in [0.2, 0.25) is 0 Å². The van der Waals surface area contributed by atoms with Gasteiger partial charge in [0, 0.05) is 49.0 Å². The van der Waals surface area contributed by atoms with Crippen molar-refractivity contribution in [3.63, 3.8) is 0 Å². The van der Waals surface area contributed by atoms with E-state index in [4.69, 9.17) is 0 Å². The first-order valence-corrected chi connectivity index (χ1v) is 9.15. The van der Waals surface area contributed by atoms with Crippen molar-refractivity contribution < 1.29 is 4.79 Å². The third-order valence-electron chi connectivity index (χ3n) is 4.90. The molecule has 0 saturated carbocycles.